The normalized spacial score (nSPS) is 11.9. The number of anilines is 1. The highest BCUT2D eigenvalue weighted by atomic mass is 19.1. The number of phenolic OH excluding ortho intramolecular Hbond substituents is 1. The fourth-order valence-electron chi connectivity index (χ4n) is 1.99. The zero-order chi connectivity index (χ0) is 14.5. The lowest BCUT2D eigenvalue weighted by Gasteiger charge is -2.19. The van der Waals surface area contributed by atoms with Crippen molar-refractivity contribution in [1.29, 1.82) is 0 Å². The van der Waals surface area contributed by atoms with Crippen molar-refractivity contribution in [1.82, 2.24) is 4.98 Å². The first-order valence-corrected chi connectivity index (χ1v) is 6.40. The largest absolute Gasteiger partial charge is 0.508 e. The molecule has 2 N–H and O–H groups in total. The molecule has 1 unspecified atom stereocenters. The highest BCUT2D eigenvalue weighted by Gasteiger charge is 2.15. The van der Waals surface area contributed by atoms with Crippen LogP contribution in [0, 0.1) is 5.82 Å². The number of aromatic hydroxyl groups is 1. The van der Waals surface area contributed by atoms with E-state index in [9.17, 15) is 9.50 Å². The lowest BCUT2D eigenvalue weighted by Crippen LogP contribution is -2.11. The average Bonchev–Trinajstić information content (AvgIpc) is 2.47. The Bertz CT molecular complexity index is 590. The van der Waals surface area contributed by atoms with Crippen molar-refractivity contribution in [3.05, 3.63) is 47.8 Å². The summed E-state index contributed by atoms with van der Waals surface area (Å²) in [5.41, 5.74) is 0.511. The lowest BCUT2D eigenvalue weighted by molar-refractivity contribution is 0.398. The molecule has 0 saturated heterocycles. The van der Waals surface area contributed by atoms with E-state index in [1.54, 1.807) is 19.2 Å². The molecular weight excluding hydrogens is 259 g/mol. The molecule has 0 fully saturated rings. The number of nitrogens with one attached hydrogen (secondary N) is 1. The Morgan fingerprint density at radius 3 is 2.85 bits per heavy atom. The van der Waals surface area contributed by atoms with Crippen LogP contribution in [0.4, 0.5) is 10.2 Å². The number of hydrogen-bond donors (Lipinski definition) is 2. The Kier molecular flexibility index (Phi) is 4.40. The molecule has 0 aliphatic rings. The van der Waals surface area contributed by atoms with Gasteiger partial charge in [0.15, 0.2) is 0 Å². The molecule has 2 rings (SSSR count). The first kappa shape index (κ1) is 14.1. The average molecular weight is 276 g/mol. The first-order chi connectivity index (χ1) is 9.63. The zero-order valence-corrected chi connectivity index (χ0v) is 11.4. The van der Waals surface area contributed by atoms with E-state index >= 15 is 0 Å². The van der Waals surface area contributed by atoms with E-state index in [1.165, 1.54) is 18.2 Å². The molecule has 0 spiro atoms. The number of hydrogen-bond acceptors (Lipinski definition) is 4. The van der Waals surface area contributed by atoms with Crippen LogP contribution in [0.25, 0.3) is 0 Å². The van der Waals surface area contributed by atoms with Gasteiger partial charge >= 0.3 is 0 Å². The molecule has 0 saturated carbocycles. The van der Waals surface area contributed by atoms with Gasteiger partial charge in [-0.05, 0) is 30.7 Å². The molecular formula is C15H17FN2O2. The number of phenols is 1. The number of halogens is 1. The van der Waals surface area contributed by atoms with Gasteiger partial charge in [0.25, 0.3) is 0 Å². The number of pyridine rings is 1. The number of aromatic nitrogens is 1. The number of nitrogens with zero attached hydrogens (tertiary/aromatic N) is 1. The van der Waals surface area contributed by atoms with Gasteiger partial charge in [-0.2, -0.15) is 4.98 Å². The fourth-order valence-corrected chi connectivity index (χ4v) is 1.99. The molecule has 0 amide bonds. The zero-order valence-electron chi connectivity index (χ0n) is 11.4. The summed E-state index contributed by atoms with van der Waals surface area (Å²) >= 11 is 0. The van der Waals surface area contributed by atoms with Crippen molar-refractivity contribution in [3.8, 4) is 11.6 Å². The Hall–Kier alpha value is -2.30. The van der Waals surface area contributed by atoms with Crippen LogP contribution in [-0.2, 0) is 0 Å². The third-order valence-corrected chi connectivity index (χ3v) is 3.03. The number of rotatable bonds is 5. The van der Waals surface area contributed by atoms with Gasteiger partial charge in [0.2, 0.25) is 5.88 Å². The molecule has 1 atom stereocenters. The molecule has 1 heterocycles. The summed E-state index contributed by atoms with van der Waals surface area (Å²) in [4.78, 5) is 4.25. The van der Waals surface area contributed by atoms with Gasteiger partial charge in [-0.1, -0.05) is 13.0 Å². The summed E-state index contributed by atoms with van der Waals surface area (Å²) in [6.45, 7) is 1.95. The molecule has 106 valence electrons. The van der Waals surface area contributed by atoms with Gasteiger partial charge in [0, 0.05) is 11.6 Å². The summed E-state index contributed by atoms with van der Waals surface area (Å²) in [7, 11) is 1.54. The fraction of sp³-hybridized carbons (Fsp3) is 0.267. The highest BCUT2D eigenvalue weighted by Crippen LogP contribution is 2.29. The summed E-state index contributed by atoms with van der Waals surface area (Å²) < 4.78 is 18.4. The number of benzene rings is 1. The van der Waals surface area contributed by atoms with Gasteiger partial charge < -0.3 is 15.2 Å². The van der Waals surface area contributed by atoms with E-state index in [1.807, 2.05) is 13.0 Å². The standard InChI is InChI=1S/C15H17FN2O2/c1-3-12(11-9-10(16)7-8-13(11)19)17-14-5-4-6-15(18-14)20-2/h4-9,12,19H,3H2,1-2H3,(H,17,18). The van der Waals surface area contributed by atoms with E-state index < -0.39 is 0 Å². The van der Waals surface area contributed by atoms with Crippen molar-refractivity contribution < 1.29 is 14.2 Å². The summed E-state index contributed by atoms with van der Waals surface area (Å²) in [5, 5.41) is 13.0. The maximum absolute atomic E-state index is 13.3. The second kappa shape index (κ2) is 6.23. The van der Waals surface area contributed by atoms with Crippen molar-refractivity contribution >= 4 is 5.82 Å². The van der Waals surface area contributed by atoms with Crippen LogP contribution in [0.2, 0.25) is 0 Å². The second-order valence-corrected chi connectivity index (χ2v) is 4.37. The summed E-state index contributed by atoms with van der Waals surface area (Å²) in [6.07, 6.45) is 0.676. The van der Waals surface area contributed by atoms with Gasteiger partial charge in [0.05, 0.1) is 13.2 Å². The van der Waals surface area contributed by atoms with Crippen molar-refractivity contribution in [2.24, 2.45) is 0 Å². The van der Waals surface area contributed by atoms with Gasteiger partial charge in [0.1, 0.15) is 17.4 Å². The molecule has 20 heavy (non-hydrogen) atoms. The van der Waals surface area contributed by atoms with Gasteiger partial charge in [-0.25, -0.2) is 4.39 Å². The molecule has 0 bridgehead atoms. The minimum Gasteiger partial charge on any atom is -0.508 e. The predicted octanol–water partition coefficient (Wildman–Crippen LogP) is 3.50. The van der Waals surface area contributed by atoms with Crippen molar-refractivity contribution in [2.75, 3.05) is 12.4 Å². The smallest absolute Gasteiger partial charge is 0.214 e. The van der Waals surface area contributed by atoms with Crippen LogP contribution in [0.15, 0.2) is 36.4 Å². The predicted molar refractivity (Wildman–Crippen MR) is 75.5 cm³/mol. The molecule has 5 heteroatoms. The van der Waals surface area contributed by atoms with E-state index in [4.69, 9.17) is 4.74 Å². The van der Waals surface area contributed by atoms with Crippen molar-refractivity contribution in [2.45, 2.75) is 19.4 Å². The van der Waals surface area contributed by atoms with Gasteiger partial charge in [-0.3, -0.25) is 0 Å². The molecule has 4 nitrogen and oxygen atoms in total. The lowest BCUT2D eigenvalue weighted by atomic mass is 10.0. The summed E-state index contributed by atoms with van der Waals surface area (Å²) in [6, 6.07) is 9.03. The van der Waals surface area contributed by atoms with Crippen LogP contribution in [0.1, 0.15) is 24.9 Å². The Balaban J connectivity index is 2.26. The maximum Gasteiger partial charge on any atom is 0.214 e. The van der Waals surface area contributed by atoms with E-state index in [0.29, 0.717) is 23.7 Å². The quantitative estimate of drug-likeness (QED) is 0.877. The minimum absolute atomic E-state index is 0.0636. The van der Waals surface area contributed by atoms with Crippen LogP contribution in [0.3, 0.4) is 0 Å². The van der Waals surface area contributed by atoms with Crippen LogP contribution >= 0.6 is 0 Å². The summed E-state index contributed by atoms with van der Waals surface area (Å²) in [5.74, 6) is 0.790. The molecule has 1 aromatic carbocycles. The van der Waals surface area contributed by atoms with E-state index in [2.05, 4.69) is 10.3 Å². The number of methoxy groups -OCH3 is 1. The first-order valence-electron chi connectivity index (χ1n) is 6.40. The van der Waals surface area contributed by atoms with Crippen LogP contribution in [-0.4, -0.2) is 17.2 Å². The van der Waals surface area contributed by atoms with E-state index in [0.717, 1.165) is 0 Å². The number of ether oxygens (including phenoxy) is 1. The van der Waals surface area contributed by atoms with Crippen molar-refractivity contribution in [3.63, 3.8) is 0 Å². The van der Waals surface area contributed by atoms with Crippen LogP contribution < -0.4 is 10.1 Å². The Morgan fingerprint density at radius 2 is 2.15 bits per heavy atom. The molecule has 2 aromatic rings. The third kappa shape index (κ3) is 3.17. The molecule has 0 aliphatic heterocycles. The monoisotopic (exact) mass is 276 g/mol. The SMILES string of the molecule is CCC(Nc1cccc(OC)n1)c1cc(F)ccc1O. The minimum atomic E-state index is -0.378. The topological polar surface area (TPSA) is 54.4 Å². The third-order valence-electron chi connectivity index (χ3n) is 3.03. The molecule has 0 aliphatic carbocycles. The molecule has 0 radical (unpaired) electrons. The molecule has 1 aromatic heterocycles. The highest BCUT2D eigenvalue weighted by molar-refractivity contribution is 5.44. The maximum atomic E-state index is 13.3. The second-order valence-electron chi connectivity index (χ2n) is 4.37. The Morgan fingerprint density at radius 1 is 1.35 bits per heavy atom. The van der Waals surface area contributed by atoms with Crippen LogP contribution in [0.5, 0.6) is 11.6 Å². The Labute approximate surface area is 117 Å². The van der Waals surface area contributed by atoms with E-state index in [-0.39, 0.29) is 17.6 Å². The van der Waals surface area contributed by atoms with Gasteiger partial charge in [-0.15, -0.1) is 0 Å².